The predicted octanol–water partition coefficient (Wildman–Crippen LogP) is 3.46. The Balaban J connectivity index is 1.62. The first-order valence-corrected chi connectivity index (χ1v) is 13.5. The third kappa shape index (κ3) is 3.81. The molecular formula is C24H24ClF2N3O4S. The molecule has 4 atom stereocenters. The minimum Gasteiger partial charge on any atom is -0.368 e. The second-order valence-corrected chi connectivity index (χ2v) is 12.2. The Hall–Kier alpha value is -2.59. The van der Waals surface area contributed by atoms with Crippen molar-refractivity contribution in [3.05, 3.63) is 58.2 Å². The maximum atomic E-state index is 15.1. The van der Waals surface area contributed by atoms with Gasteiger partial charge >= 0.3 is 0 Å². The van der Waals surface area contributed by atoms with Crippen LogP contribution in [0.5, 0.6) is 0 Å². The van der Waals surface area contributed by atoms with E-state index in [2.05, 4.69) is 4.98 Å². The summed E-state index contributed by atoms with van der Waals surface area (Å²) in [5.41, 5.74) is 4.93. The summed E-state index contributed by atoms with van der Waals surface area (Å²) < 4.78 is 54.2. The van der Waals surface area contributed by atoms with Gasteiger partial charge in [-0.25, -0.2) is 22.2 Å². The number of fused-ring (bicyclic) bond motifs is 1. The first kappa shape index (κ1) is 24.1. The van der Waals surface area contributed by atoms with E-state index in [1.54, 1.807) is 0 Å². The number of nitrogens with zero attached hydrogens (tertiary/aromatic N) is 2. The van der Waals surface area contributed by atoms with E-state index in [0.29, 0.717) is 12.8 Å². The smallest absolute Gasteiger partial charge is 0.255 e. The third-order valence-electron chi connectivity index (χ3n) is 7.62. The molecule has 1 saturated heterocycles. The maximum absolute atomic E-state index is 15.1. The van der Waals surface area contributed by atoms with Gasteiger partial charge in [-0.15, -0.1) is 0 Å². The minimum absolute atomic E-state index is 0.00507. The van der Waals surface area contributed by atoms with Crippen LogP contribution in [-0.4, -0.2) is 47.4 Å². The summed E-state index contributed by atoms with van der Waals surface area (Å²) in [5.74, 6) is -3.55. The fourth-order valence-corrected chi connectivity index (χ4v) is 6.80. The number of aromatic nitrogens is 1. The number of primary amides is 1. The number of carbonyl (C=O) groups is 2. The fourth-order valence-electron chi connectivity index (χ4n) is 5.82. The predicted molar refractivity (Wildman–Crippen MR) is 123 cm³/mol. The zero-order valence-corrected chi connectivity index (χ0v) is 20.5. The molecule has 3 unspecified atom stereocenters. The Morgan fingerprint density at radius 3 is 2.60 bits per heavy atom. The highest BCUT2D eigenvalue weighted by molar-refractivity contribution is 7.91. The quantitative estimate of drug-likeness (QED) is 0.559. The molecule has 2 heterocycles. The highest BCUT2D eigenvalue weighted by atomic mass is 35.5. The van der Waals surface area contributed by atoms with Crippen molar-refractivity contribution in [2.75, 3.05) is 5.75 Å². The van der Waals surface area contributed by atoms with Crippen molar-refractivity contribution in [1.29, 1.82) is 0 Å². The van der Waals surface area contributed by atoms with Crippen LogP contribution in [0.4, 0.5) is 8.78 Å². The van der Waals surface area contributed by atoms with E-state index in [1.165, 1.54) is 30.2 Å². The van der Waals surface area contributed by atoms with Crippen molar-refractivity contribution < 1.29 is 26.8 Å². The standard InChI is InChI=1S/C24H24ClF2N3O4S/c1-2-35(33,34)20-7-13(5-6-29-20)23(32)30-19(22(28)31)8-14-11-24(14,30)21(12-3-4-12)15-9-18(27)16(25)10-17(15)26/h5-7,9-10,12,14,19,21H,2-4,8,11H2,1H3,(H2,28,31)/t14?,19?,21-,24?/m1/s1. The molecule has 1 aliphatic heterocycles. The second-order valence-electron chi connectivity index (χ2n) is 9.61. The van der Waals surface area contributed by atoms with Gasteiger partial charge in [-0.05, 0) is 67.3 Å². The Labute approximate surface area is 206 Å². The highest BCUT2D eigenvalue weighted by Gasteiger charge is 2.73. The van der Waals surface area contributed by atoms with Crippen molar-refractivity contribution >= 4 is 33.3 Å². The summed E-state index contributed by atoms with van der Waals surface area (Å²) in [7, 11) is -3.68. The molecule has 1 aromatic carbocycles. The van der Waals surface area contributed by atoms with Crippen molar-refractivity contribution in [2.45, 2.75) is 55.1 Å². The first-order valence-electron chi connectivity index (χ1n) is 11.5. The Morgan fingerprint density at radius 1 is 1.26 bits per heavy atom. The van der Waals surface area contributed by atoms with Gasteiger partial charge in [0.15, 0.2) is 14.9 Å². The number of piperidine rings is 1. The average Bonchev–Trinajstić information content (AvgIpc) is 3.75. The SMILES string of the molecule is CCS(=O)(=O)c1cc(C(=O)N2C(C(N)=O)CC3CC32[C@@H](c2cc(F)c(Cl)cc2F)C2CC2)ccn1. The van der Waals surface area contributed by atoms with E-state index in [1.807, 2.05) is 0 Å². The number of carbonyl (C=O) groups excluding carboxylic acids is 2. The number of halogens is 3. The molecule has 5 rings (SSSR count). The van der Waals surface area contributed by atoms with Crippen LogP contribution in [-0.2, 0) is 14.6 Å². The van der Waals surface area contributed by atoms with Crippen LogP contribution in [0, 0.1) is 23.5 Å². The monoisotopic (exact) mass is 523 g/mol. The molecule has 3 fully saturated rings. The van der Waals surface area contributed by atoms with E-state index >= 15 is 4.39 Å². The summed E-state index contributed by atoms with van der Waals surface area (Å²) >= 11 is 5.78. The van der Waals surface area contributed by atoms with Crippen LogP contribution in [0.3, 0.4) is 0 Å². The number of rotatable bonds is 7. The van der Waals surface area contributed by atoms with Gasteiger partial charge in [0.2, 0.25) is 5.91 Å². The topological polar surface area (TPSA) is 110 Å². The molecule has 2 N–H and O–H groups in total. The van der Waals surface area contributed by atoms with Gasteiger partial charge in [0.1, 0.15) is 17.7 Å². The third-order valence-corrected chi connectivity index (χ3v) is 9.53. The van der Waals surface area contributed by atoms with Crippen LogP contribution in [0.2, 0.25) is 5.02 Å². The number of benzene rings is 1. The number of sulfone groups is 1. The second kappa shape index (κ2) is 8.23. The lowest BCUT2D eigenvalue weighted by Gasteiger charge is -2.39. The van der Waals surface area contributed by atoms with Crippen molar-refractivity contribution in [1.82, 2.24) is 9.88 Å². The molecule has 35 heavy (non-hydrogen) atoms. The molecule has 1 aromatic heterocycles. The van der Waals surface area contributed by atoms with Crippen molar-refractivity contribution in [3.63, 3.8) is 0 Å². The minimum atomic E-state index is -3.68. The van der Waals surface area contributed by atoms with Crippen molar-refractivity contribution in [2.24, 2.45) is 17.6 Å². The Morgan fingerprint density at radius 2 is 1.97 bits per heavy atom. The number of likely N-dealkylation sites (tertiary alicyclic amines) is 1. The molecule has 0 radical (unpaired) electrons. The normalized spacial score (nSPS) is 26.3. The molecule has 0 spiro atoms. The molecule has 0 bridgehead atoms. The molecule has 11 heteroatoms. The van der Waals surface area contributed by atoms with Crippen LogP contribution < -0.4 is 5.73 Å². The van der Waals surface area contributed by atoms with Crippen LogP contribution >= 0.6 is 11.6 Å². The number of nitrogens with two attached hydrogens (primary N) is 1. The zero-order chi connectivity index (χ0) is 25.3. The lowest BCUT2D eigenvalue weighted by atomic mass is 9.82. The summed E-state index contributed by atoms with van der Waals surface area (Å²) in [6.07, 6.45) is 3.61. The zero-order valence-electron chi connectivity index (χ0n) is 18.9. The summed E-state index contributed by atoms with van der Waals surface area (Å²) in [4.78, 5) is 31.6. The number of amides is 2. The van der Waals surface area contributed by atoms with Gasteiger partial charge in [-0.1, -0.05) is 18.5 Å². The molecule has 2 aromatic rings. The summed E-state index contributed by atoms with van der Waals surface area (Å²) in [6.45, 7) is 1.47. The van der Waals surface area contributed by atoms with E-state index in [-0.39, 0.29) is 38.8 Å². The number of pyridine rings is 1. The first-order chi connectivity index (χ1) is 16.5. The van der Waals surface area contributed by atoms with E-state index in [9.17, 15) is 22.4 Å². The Kier molecular flexibility index (Phi) is 5.67. The largest absolute Gasteiger partial charge is 0.368 e. The molecule has 7 nitrogen and oxygen atoms in total. The van der Waals surface area contributed by atoms with Gasteiger partial charge in [0, 0.05) is 17.7 Å². The summed E-state index contributed by atoms with van der Waals surface area (Å²) in [6, 6.07) is 3.66. The van der Waals surface area contributed by atoms with Gasteiger partial charge in [0.05, 0.1) is 16.3 Å². The molecule has 2 amide bonds. The van der Waals surface area contributed by atoms with Gasteiger partial charge < -0.3 is 10.6 Å². The molecule has 3 aliphatic rings. The van der Waals surface area contributed by atoms with Gasteiger partial charge in [0.25, 0.3) is 5.91 Å². The highest BCUT2D eigenvalue weighted by Crippen LogP contribution is 2.69. The average molecular weight is 524 g/mol. The summed E-state index contributed by atoms with van der Waals surface area (Å²) in [5, 5.41) is -0.576. The van der Waals surface area contributed by atoms with E-state index in [0.717, 1.165) is 25.0 Å². The molecule has 2 saturated carbocycles. The van der Waals surface area contributed by atoms with Crippen LogP contribution in [0.15, 0.2) is 35.5 Å². The molecule has 186 valence electrons. The maximum Gasteiger partial charge on any atom is 0.255 e. The van der Waals surface area contributed by atoms with Crippen molar-refractivity contribution in [3.8, 4) is 0 Å². The molecule has 2 aliphatic carbocycles. The van der Waals surface area contributed by atoms with E-state index < -0.39 is 50.8 Å². The Bertz CT molecular complexity index is 1350. The van der Waals surface area contributed by atoms with Gasteiger partial charge in [-0.3, -0.25) is 9.59 Å². The number of hydrogen-bond acceptors (Lipinski definition) is 5. The van der Waals surface area contributed by atoms with Crippen LogP contribution in [0.1, 0.15) is 54.4 Å². The van der Waals surface area contributed by atoms with Crippen LogP contribution in [0.25, 0.3) is 0 Å². The lowest BCUT2D eigenvalue weighted by molar-refractivity contribution is -0.122. The molecular weight excluding hydrogens is 500 g/mol. The van der Waals surface area contributed by atoms with E-state index in [4.69, 9.17) is 17.3 Å². The fraction of sp³-hybridized carbons (Fsp3) is 0.458. The van der Waals surface area contributed by atoms with Gasteiger partial charge in [-0.2, -0.15) is 0 Å². The lowest BCUT2D eigenvalue weighted by Crippen LogP contribution is -2.53. The number of hydrogen-bond donors (Lipinski definition) is 1.